The molecule has 0 aliphatic carbocycles. The molecule has 24 heavy (non-hydrogen) atoms. The summed E-state index contributed by atoms with van der Waals surface area (Å²) in [6.45, 7) is 0.678. The van der Waals surface area contributed by atoms with Crippen molar-refractivity contribution < 1.29 is 14.7 Å². The third-order valence-electron chi connectivity index (χ3n) is 4.06. The van der Waals surface area contributed by atoms with Crippen LogP contribution in [-0.4, -0.2) is 62.0 Å². The summed E-state index contributed by atoms with van der Waals surface area (Å²) in [4.78, 5) is 32.1. The Kier molecular flexibility index (Phi) is 4.61. The van der Waals surface area contributed by atoms with Crippen LogP contribution in [0.25, 0.3) is 0 Å². The third-order valence-corrected chi connectivity index (χ3v) is 4.06. The van der Waals surface area contributed by atoms with Gasteiger partial charge in [-0.05, 0) is 5.56 Å². The molecule has 1 atom stereocenters. The summed E-state index contributed by atoms with van der Waals surface area (Å²) >= 11 is 0. The summed E-state index contributed by atoms with van der Waals surface area (Å²) in [5.41, 5.74) is 0.988. The third kappa shape index (κ3) is 3.46. The lowest BCUT2D eigenvalue weighted by Gasteiger charge is -2.21. The zero-order valence-corrected chi connectivity index (χ0v) is 13.5. The molecule has 2 amide bonds. The number of hydrogen-bond acceptors (Lipinski definition) is 4. The Balaban J connectivity index is 1.74. The summed E-state index contributed by atoms with van der Waals surface area (Å²) in [6, 6.07) is 9.59. The van der Waals surface area contributed by atoms with Crippen molar-refractivity contribution in [1.29, 1.82) is 0 Å². The number of amides is 2. The molecule has 2 heterocycles. The number of aliphatic hydroxyl groups excluding tert-OH is 1. The Labute approximate surface area is 140 Å². The van der Waals surface area contributed by atoms with Crippen LogP contribution in [0.1, 0.15) is 16.2 Å². The van der Waals surface area contributed by atoms with Crippen molar-refractivity contribution in [2.75, 3.05) is 19.6 Å². The van der Waals surface area contributed by atoms with E-state index in [9.17, 15) is 14.7 Å². The summed E-state index contributed by atoms with van der Waals surface area (Å²) in [6.07, 6.45) is 2.42. The number of aromatic nitrogens is 2. The van der Waals surface area contributed by atoms with Gasteiger partial charge in [0.15, 0.2) is 5.82 Å². The molecule has 0 spiro atoms. The molecule has 1 N–H and O–H groups in total. The highest BCUT2D eigenvalue weighted by Gasteiger charge is 2.31. The van der Waals surface area contributed by atoms with Crippen molar-refractivity contribution in [3.8, 4) is 0 Å². The maximum absolute atomic E-state index is 12.6. The molecular formula is C17H20N4O3. The number of β-amino-alcohol motifs (C(OH)–C–C–N with tert-alkyl or cyclic N) is 1. The first kappa shape index (κ1) is 16.2. The van der Waals surface area contributed by atoms with Gasteiger partial charge >= 0.3 is 0 Å². The van der Waals surface area contributed by atoms with Gasteiger partial charge in [0, 0.05) is 39.1 Å². The standard InChI is InChI=1S/C17H20N4O3/c1-19-8-7-18-16(19)17(24)21-11-14(22)10-20(15(23)12-21)9-13-5-3-2-4-6-13/h2-8,14,22H,9-12H2,1H3. The quantitative estimate of drug-likeness (QED) is 0.877. The van der Waals surface area contributed by atoms with E-state index < -0.39 is 6.10 Å². The number of hydrogen-bond donors (Lipinski definition) is 1. The average Bonchev–Trinajstić information content (AvgIpc) is 2.93. The first-order chi connectivity index (χ1) is 11.5. The van der Waals surface area contributed by atoms with E-state index in [1.807, 2.05) is 30.3 Å². The molecule has 1 saturated heterocycles. The maximum atomic E-state index is 12.6. The van der Waals surface area contributed by atoms with E-state index in [1.165, 1.54) is 11.1 Å². The van der Waals surface area contributed by atoms with Crippen molar-refractivity contribution in [2.24, 2.45) is 7.05 Å². The molecule has 1 aromatic heterocycles. The fraction of sp³-hybridized carbons (Fsp3) is 0.353. The van der Waals surface area contributed by atoms with Crippen LogP contribution in [-0.2, 0) is 18.4 Å². The molecule has 3 rings (SSSR count). The molecular weight excluding hydrogens is 308 g/mol. The van der Waals surface area contributed by atoms with Gasteiger partial charge in [-0.1, -0.05) is 30.3 Å². The average molecular weight is 328 g/mol. The monoisotopic (exact) mass is 328 g/mol. The largest absolute Gasteiger partial charge is 0.389 e. The van der Waals surface area contributed by atoms with Crippen LogP contribution < -0.4 is 0 Å². The number of benzene rings is 1. The van der Waals surface area contributed by atoms with E-state index in [1.54, 1.807) is 22.7 Å². The molecule has 1 aromatic carbocycles. The van der Waals surface area contributed by atoms with Crippen LogP contribution in [0, 0.1) is 0 Å². The number of rotatable bonds is 3. The second-order valence-electron chi connectivity index (χ2n) is 5.96. The molecule has 1 fully saturated rings. The molecule has 7 heteroatoms. The van der Waals surface area contributed by atoms with E-state index in [-0.39, 0.29) is 37.3 Å². The first-order valence-corrected chi connectivity index (χ1v) is 7.81. The number of carbonyl (C=O) groups is 2. The van der Waals surface area contributed by atoms with Crippen molar-refractivity contribution >= 4 is 11.8 Å². The molecule has 0 saturated carbocycles. The van der Waals surface area contributed by atoms with Gasteiger partial charge in [0.1, 0.15) is 6.54 Å². The highest BCUT2D eigenvalue weighted by molar-refractivity contribution is 5.94. The van der Waals surface area contributed by atoms with Crippen LogP contribution in [0.4, 0.5) is 0 Å². The second kappa shape index (κ2) is 6.84. The fourth-order valence-corrected chi connectivity index (χ4v) is 2.82. The number of aliphatic hydroxyl groups is 1. The van der Waals surface area contributed by atoms with Crippen LogP contribution in [0.15, 0.2) is 42.7 Å². The molecule has 0 radical (unpaired) electrons. The predicted molar refractivity (Wildman–Crippen MR) is 87.0 cm³/mol. The smallest absolute Gasteiger partial charge is 0.290 e. The molecule has 1 unspecified atom stereocenters. The second-order valence-corrected chi connectivity index (χ2v) is 5.96. The van der Waals surface area contributed by atoms with E-state index in [0.29, 0.717) is 6.54 Å². The van der Waals surface area contributed by atoms with Crippen LogP contribution in [0.2, 0.25) is 0 Å². The lowest BCUT2D eigenvalue weighted by molar-refractivity contribution is -0.131. The van der Waals surface area contributed by atoms with Gasteiger partial charge < -0.3 is 19.5 Å². The number of aryl methyl sites for hydroxylation is 1. The number of imidazole rings is 1. The Hall–Kier alpha value is -2.67. The Bertz CT molecular complexity index is 728. The zero-order chi connectivity index (χ0) is 17.1. The van der Waals surface area contributed by atoms with Gasteiger partial charge in [0.25, 0.3) is 5.91 Å². The van der Waals surface area contributed by atoms with Crippen LogP contribution in [0.3, 0.4) is 0 Å². The van der Waals surface area contributed by atoms with Crippen LogP contribution >= 0.6 is 0 Å². The molecule has 0 bridgehead atoms. The van der Waals surface area contributed by atoms with Crippen molar-refractivity contribution in [3.05, 3.63) is 54.1 Å². The highest BCUT2D eigenvalue weighted by atomic mass is 16.3. The summed E-state index contributed by atoms with van der Waals surface area (Å²) in [5, 5.41) is 10.2. The van der Waals surface area contributed by atoms with Crippen molar-refractivity contribution in [1.82, 2.24) is 19.4 Å². The SMILES string of the molecule is Cn1ccnc1C(=O)N1CC(=O)N(Cc2ccccc2)CC(O)C1. The van der Waals surface area contributed by atoms with Crippen molar-refractivity contribution in [2.45, 2.75) is 12.6 Å². The van der Waals surface area contributed by atoms with Crippen LogP contribution in [0.5, 0.6) is 0 Å². The highest BCUT2D eigenvalue weighted by Crippen LogP contribution is 2.12. The van der Waals surface area contributed by atoms with Gasteiger partial charge in [-0.15, -0.1) is 0 Å². The number of nitrogens with zero attached hydrogens (tertiary/aromatic N) is 4. The Morgan fingerprint density at radius 3 is 2.71 bits per heavy atom. The zero-order valence-electron chi connectivity index (χ0n) is 13.5. The lowest BCUT2D eigenvalue weighted by atomic mass is 10.2. The van der Waals surface area contributed by atoms with E-state index >= 15 is 0 Å². The number of carbonyl (C=O) groups excluding carboxylic acids is 2. The minimum absolute atomic E-state index is 0.0599. The summed E-state index contributed by atoms with van der Waals surface area (Å²) in [5.74, 6) is -0.277. The molecule has 1 aliphatic rings. The molecule has 7 nitrogen and oxygen atoms in total. The van der Waals surface area contributed by atoms with Gasteiger partial charge in [0.2, 0.25) is 5.91 Å². The summed E-state index contributed by atoms with van der Waals surface area (Å²) < 4.78 is 1.60. The maximum Gasteiger partial charge on any atom is 0.290 e. The Morgan fingerprint density at radius 2 is 2.04 bits per heavy atom. The minimum atomic E-state index is -0.788. The molecule has 126 valence electrons. The van der Waals surface area contributed by atoms with Gasteiger partial charge in [-0.25, -0.2) is 4.98 Å². The van der Waals surface area contributed by atoms with E-state index in [0.717, 1.165) is 5.56 Å². The fourth-order valence-electron chi connectivity index (χ4n) is 2.82. The molecule has 1 aliphatic heterocycles. The lowest BCUT2D eigenvalue weighted by Crippen LogP contribution is -2.40. The van der Waals surface area contributed by atoms with Gasteiger partial charge in [-0.3, -0.25) is 9.59 Å². The summed E-state index contributed by atoms with van der Waals surface area (Å²) in [7, 11) is 1.72. The predicted octanol–water partition coefficient (Wildman–Crippen LogP) is 0.266. The van der Waals surface area contributed by atoms with E-state index in [4.69, 9.17) is 0 Å². The van der Waals surface area contributed by atoms with E-state index in [2.05, 4.69) is 4.98 Å². The first-order valence-electron chi connectivity index (χ1n) is 7.81. The van der Waals surface area contributed by atoms with Crippen molar-refractivity contribution in [3.63, 3.8) is 0 Å². The van der Waals surface area contributed by atoms with Gasteiger partial charge in [0.05, 0.1) is 6.10 Å². The molecule has 2 aromatic rings. The Morgan fingerprint density at radius 1 is 1.29 bits per heavy atom. The van der Waals surface area contributed by atoms with Gasteiger partial charge in [-0.2, -0.15) is 0 Å². The minimum Gasteiger partial charge on any atom is -0.389 e. The topological polar surface area (TPSA) is 78.7 Å². The normalized spacial score (nSPS) is 18.6.